The molecule has 0 saturated heterocycles. The van der Waals surface area contributed by atoms with Crippen LogP contribution in [0.5, 0.6) is 0 Å². The van der Waals surface area contributed by atoms with Gasteiger partial charge in [-0.3, -0.25) is 19.2 Å². The third kappa shape index (κ3) is 3.77. The number of carbonyl (C=O) groups is 4. The van der Waals surface area contributed by atoms with Crippen LogP contribution >= 0.6 is 0 Å². The maximum absolute atomic E-state index is 13.5. The topological polar surface area (TPSA) is 86.7 Å². The van der Waals surface area contributed by atoms with E-state index in [9.17, 15) is 19.2 Å². The maximum Gasteiger partial charge on any atom is 0.305 e. The minimum Gasteiger partial charge on any atom is -0.459 e. The van der Waals surface area contributed by atoms with Gasteiger partial charge in [-0.2, -0.15) is 0 Å². The Balaban J connectivity index is 1.74. The number of carbonyl (C=O) groups excluding carboxylic acids is 4. The number of hydrogen-bond donors (Lipinski definition) is 0. The standard InChI is InChI=1S/C28H38O6/c1-7-24(32)34-26(16(3)33-17(4)29)21-14-23(31)27(5)11-10-22-20(25(21)27)9-8-18-13-19(30)12-15(2)28(18,22)6/h12-13,16,20-22,25-26H,7-11,14H2,1-6H3/t16?,20-,21+,22+,25-,26?,27-,28+/m1/s1. The molecule has 2 unspecified atom stereocenters. The Kier molecular flexibility index (Phi) is 6.41. The zero-order valence-electron chi connectivity index (χ0n) is 21.3. The monoisotopic (exact) mass is 470 g/mol. The fourth-order valence-electron chi connectivity index (χ4n) is 7.93. The van der Waals surface area contributed by atoms with Gasteiger partial charge in [-0.1, -0.05) is 31.9 Å². The van der Waals surface area contributed by atoms with E-state index in [0.717, 1.165) is 31.3 Å². The third-order valence-electron chi connectivity index (χ3n) is 9.65. The lowest BCUT2D eigenvalue weighted by Crippen LogP contribution is -2.54. The van der Waals surface area contributed by atoms with Gasteiger partial charge >= 0.3 is 11.9 Å². The molecular weight excluding hydrogens is 432 g/mol. The molecule has 0 bridgehead atoms. The summed E-state index contributed by atoms with van der Waals surface area (Å²) in [6, 6.07) is 0. The Labute approximate surface area is 202 Å². The van der Waals surface area contributed by atoms with E-state index in [0.29, 0.717) is 12.3 Å². The van der Waals surface area contributed by atoms with Crippen LogP contribution in [0.15, 0.2) is 23.3 Å². The molecule has 6 nitrogen and oxygen atoms in total. The summed E-state index contributed by atoms with van der Waals surface area (Å²) in [5.41, 5.74) is 1.66. The summed E-state index contributed by atoms with van der Waals surface area (Å²) < 4.78 is 11.4. The van der Waals surface area contributed by atoms with Gasteiger partial charge in [-0.15, -0.1) is 0 Å². The number of rotatable bonds is 5. The average Bonchev–Trinajstić information content (AvgIpc) is 3.03. The molecule has 0 aromatic rings. The van der Waals surface area contributed by atoms with Crippen LogP contribution in [0, 0.1) is 34.5 Å². The highest BCUT2D eigenvalue weighted by atomic mass is 16.6. The number of ether oxygens (including phenoxy) is 2. The van der Waals surface area contributed by atoms with Gasteiger partial charge in [0.25, 0.3) is 0 Å². The summed E-state index contributed by atoms with van der Waals surface area (Å²) >= 11 is 0. The second-order valence-electron chi connectivity index (χ2n) is 11.3. The van der Waals surface area contributed by atoms with Crippen LogP contribution < -0.4 is 0 Å². The van der Waals surface area contributed by atoms with E-state index >= 15 is 0 Å². The number of esters is 2. The van der Waals surface area contributed by atoms with Crippen molar-refractivity contribution in [2.24, 2.45) is 34.5 Å². The van der Waals surface area contributed by atoms with Crippen molar-refractivity contribution in [1.82, 2.24) is 0 Å². The first-order valence-electron chi connectivity index (χ1n) is 12.8. The first-order chi connectivity index (χ1) is 15.9. The summed E-state index contributed by atoms with van der Waals surface area (Å²) in [5.74, 6) is -0.0509. The highest BCUT2D eigenvalue weighted by molar-refractivity contribution is 6.02. The van der Waals surface area contributed by atoms with Crippen molar-refractivity contribution in [1.29, 1.82) is 0 Å². The highest BCUT2D eigenvalue weighted by Gasteiger charge is 2.64. The van der Waals surface area contributed by atoms with E-state index in [4.69, 9.17) is 9.47 Å². The molecule has 6 heteroatoms. The molecular formula is C28H38O6. The van der Waals surface area contributed by atoms with Gasteiger partial charge in [0.05, 0.1) is 0 Å². The molecule has 0 heterocycles. The lowest BCUT2D eigenvalue weighted by atomic mass is 9.46. The molecule has 4 aliphatic rings. The van der Waals surface area contributed by atoms with Crippen molar-refractivity contribution >= 4 is 23.5 Å². The Morgan fingerprint density at radius 1 is 1.15 bits per heavy atom. The smallest absolute Gasteiger partial charge is 0.305 e. The summed E-state index contributed by atoms with van der Waals surface area (Å²) in [4.78, 5) is 49.9. The van der Waals surface area contributed by atoms with Gasteiger partial charge in [-0.05, 0) is 69.4 Å². The minimum absolute atomic E-state index is 0.0372. The fourth-order valence-corrected chi connectivity index (χ4v) is 7.93. The van der Waals surface area contributed by atoms with E-state index in [1.54, 1.807) is 19.9 Å². The molecule has 3 fully saturated rings. The van der Waals surface area contributed by atoms with Gasteiger partial charge in [0.2, 0.25) is 0 Å². The molecule has 8 atom stereocenters. The van der Waals surface area contributed by atoms with Crippen LogP contribution in [0.1, 0.15) is 80.1 Å². The van der Waals surface area contributed by atoms with E-state index in [1.165, 1.54) is 12.5 Å². The number of hydrogen-bond acceptors (Lipinski definition) is 6. The number of Topliss-reactive ketones (excluding diaryl/α,β-unsaturated/α-hetero) is 1. The summed E-state index contributed by atoms with van der Waals surface area (Å²) in [6.07, 6.45) is 6.34. The minimum atomic E-state index is -0.653. The molecule has 4 aliphatic carbocycles. The Hall–Kier alpha value is -2.24. The predicted molar refractivity (Wildman–Crippen MR) is 127 cm³/mol. The van der Waals surface area contributed by atoms with Crippen molar-refractivity contribution in [3.05, 3.63) is 23.3 Å². The first-order valence-corrected chi connectivity index (χ1v) is 12.8. The van der Waals surface area contributed by atoms with Gasteiger partial charge in [-0.25, -0.2) is 0 Å². The van der Waals surface area contributed by atoms with Crippen molar-refractivity contribution < 1.29 is 28.7 Å². The average molecular weight is 471 g/mol. The molecule has 3 saturated carbocycles. The summed E-state index contributed by atoms with van der Waals surface area (Å²) in [6.45, 7) is 11.3. The van der Waals surface area contributed by atoms with Crippen molar-refractivity contribution in [2.45, 2.75) is 92.3 Å². The molecule has 4 rings (SSSR count). The molecule has 0 spiro atoms. The van der Waals surface area contributed by atoms with Gasteiger partial charge in [0.1, 0.15) is 18.0 Å². The number of allylic oxidation sites excluding steroid dienone is 4. The molecule has 0 radical (unpaired) electrons. The fraction of sp³-hybridized carbons (Fsp3) is 0.714. The SMILES string of the molecule is CCC(=O)OC(C(C)OC(C)=O)[C@H]1CC(=O)[C@@]2(C)CC[C@H]3[C@@H](CCC4=CC(=O)C=C(C)[C@@]43C)[C@H]12. The second-order valence-corrected chi connectivity index (χ2v) is 11.3. The van der Waals surface area contributed by atoms with E-state index < -0.39 is 23.6 Å². The van der Waals surface area contributed by atoms with Crippen LogP contribution in [-0.4, -0.2) is 35.7 Å². The summed E-state index contributed by atoms with van der Waals surface area (Å²) in [5, 5.41) is 0. The third-order valence-corrected chi connectivity index (χ3v) is 9.65. The van der Waals surface area contributed by atoms with Crippen molar-refractivity contribution in [3.8, 4) is 0 Å². The Bertz CT molecular complexity index is 975. The lowest BCUT2D eigenvalue weighted by Gasteiger charge is -2.58. The molecule has 0 N–H and O–H groups in total. The molecule has 0 aromatic carbocycles. The van der Waals surface area contributed by atoms with Crippen LogP contribution in [-0.2, 0) is 28.7 Å². The summed E-state index contributed by atoms with van der Waals surface area (Å²) in [7, 11) is 0. The first kappa shape index (κ1) is 24.9. The van der Waals surface area contributed by atoms with Crippen LogP contribution in [0.4, 0.5) is 0 Å². The predicted octanol–water partition coefficient (Wildman–Crippen LogP) is 4.75. The molecule has 0 aromatic heterocycles. The molecule has 34 heavy (non-hydrogen) atoms. The largest absolute Gasteiger partial charge is 0.459 e. The number of fused-ring (bicyclic) bond motifs is 5. The van der Waals surface area contributed by atoms with Crippen LogP contribution in [0.3, 0.4) is 0 Å². The molecule has 0 aliphatic heterocycles. The quantitative estimate of drug-likeness (QED) is 0.539. The van der Waals surface area contributed by atoms with Gasteiger partial charge < -0.3 is 9.47 Å². The zero-order chi connectivity index (χ0) is 25.0. The number of ketones is 2. The van der Waals surface area contributed by atoms with Gasteiger partial charge in [0, 0.05) is 36.5 Å². The van der Waals surface area contributed by atoms with Crippen molar-refractivity contribution in [2.75, 3.05) is 0 Å². The highest BCUT2D eigenvalue weighted by Crippen LogP contribution is 2.66. The second kappa shape index (κ2) is 8.76. The molecule has 0 amide bonds. The lowest BCUT2D eigenvalue weighted by molar-refractivity contribution is -0.175. The van der Waals surface area contributed by atoms with Crippen LogP contribution in [0.2, 0.25) is 0 Å². The normalized spacial score (nSPS) is 38.5. The van der Waals surface area contributed by atoms with E-state index in [1.807, 2.05) is 6.08 Å². The van der Waals surface area contributed by atoms with Crippen molar-refractivity contribution in [3.63, 3.8) is 0 Å². The van der Waals surface area contributed by atoms with E-state index in [-0.39, 0.29) is 47.1 Å². The van der Waals surface area contributed by atoms with Crippen LogP contribution in [0.25, 0.3) is 0 Å². The zero-order valence-corrected chi connectivity index (χ0v) is 21.3. The van der Waals surface area contributed by atoms with Gasteiger partial charge in [0.15, 0.2) is 5.78 Å². The Morgan fingerprint density at radius 2 is 1.85 bits per heavy atom. The van der Waals surface area contributed by atoms with E-state index in [2.05, 4.69) is 20.8 Å². The maximum atomic E-state index is 13.5. The molecule has 186 valence electrons. The Morgan fingerprint density at radius 3 is 2.50 bits per heavy atom.